The van der Waals surface area contributed by atoms with Gasteiger partial charge in [0.2, 0.25) is 0 Å². The average molecular weight is 652 g/mol. The van der Waals surface area contributed by atoms with Crippen molar-refractivity contribution in [1.82, 2.24) is 0 Å². The van der Waals surface area contributed by atoms with Crippen molar-refractivity contribution in [2.45, 2.75) is 200 Å². The van der Waals surface area contributed by atoms with Gasteiger partial charge in [-0.05, 0) is 25.7 Å². The molecule has 0 aromatic rings. The van der Waals surface area contributed by atoms with Gasteiger partial charge in [0.1, 0.15) is 0 Å². The number of nitrogens with zero attached hydrogens (tertiary/aromatic N) is 2. The third-order valence-electron chi connectivity index (χ3n) is 9.76. The molecule has 0 saturated carbocycles. The van der Waals surface area contributed by atoms with Crippen LogP contribution in [0.25, 0.3) is 0 Å². The standard InChI is InChI=1S/C39H84N2.2ClH/c1-7-9-11-13-15-17-19-21-23-25-27-29-31-33-36-40(3,4)38-35-39-41(5,6)37-34-32-30-28-26-24-22-20-18-16-14-12-10-8-2;;/h7-39H2,1-6H3;2*1H/q+2;;/p-2. The second-order valence-corrected chi connectivity index (χ2v) is 15.3. The van der Waals surface area contributed by atoms with Crippen molar-refractivity contribution in [2.24, 2.45) is 0 Å². The zero-order chi connectivity index (χ0) is 30.3. The highest BCUT2D eigenvalue weighted by molar-refractivity contribution is 4.51. The Balaban J connectivity index is -0.00000800. The molecule has 0 aliphatic heterocycles. The minimum Gasteiger partial charge on any atom is -1.00 e. The minimum absolute atomic E-state index is 0. The molecule has 0 heterocycles. The summed E-state index contributed by atoms with van der Waals surface area (Å²) in [5.41, 5.74) is 0. The van der Waals surface area contributed by atoms with Crippen LogP contribution in [0, 0.1) is 0 Å². The van der Waals surface area contributed by atoms with Gasteiger partial charge in [0, 0.05) is 6.42 Å². The summed E-state index contributed by atoms with van der Waals surface area (Å²) in [7, 11) is 9.87. The number of hydrogen-bond acceptors (Lipinski definition) is 0. The maximum absolute atomic E-state index is 2.47. The Morgan fingerprint density at radius 2 is 0.395 bits per heavy atom. The molecule has 0 aliphatic carbocycles. The van der Waals surface area contributed by atoms with Gasteiger partial charge in [-0.25, -0.2) is 0 Å². The number of unbranched alkanes of at least 4 members (excludes halogenated alkanes) is 26. The van der Waals surface area contributed by atoms with Crippen molar-refractivity contribution in [1.29, 1.82) is 0 Å². The smallest absolute Gasteiger partial charge is 0.0836 e. The van der Waals surface area contributed by atoms with E-state index in [0.717, 1.165) is 0 Å². The van der Waals surface area contributed by atoms with E-state index in [-0.39, 0.29) is 24.8 Å². The van der Waals surface area contributed by atoms with Crippen LogP contribution in [0.4, 0.5) is 0 Å². The van der Waals surface area contributed by atoms with Gasteiger partial charge in [-0.1, -0.05) is 168 Å². The van der Waals surface area contributed by atoms with Crippen LogP contribution in [0.3, 0.4) is 0 Å². The van der Waals surface area contributed by atoms with E-state index < -0.39 is 0 Å². The fourth-order valence-electron chi connectivity index (χ4n) is 6.62. The predicted molar refractivity (Wildman–Crippen MR) is 189 cm³/mol. The van der Waals surface area contributed by atoms with Crippen LogP contribution < -0.4 is 24.8 Å². The minimum atomic E-state index is 0. The normalized spacial score (nSPS) is 11.9. The first kappa shape index (κ1) is 47.9. The summed E-state index contributed by atoms with van der Waals surface area (Å²) in [5.74, 6) is 0. The zero-order valence-electron chi connectivity index (χ0n) is 31.0. The summed E-state index contributed by atoms with van der Waals surface area (Å²) in [4.78, 5) is 0. The Morgan fingerprint density at radius 1 is 0.233 bits per heavy atom. The maximum atomic E-state index is 2.47. The summed E-state index contributed by atoms with van der Waals surface area (Å²) in [6.45, 7) is 10.0. The van der Waals surface area contributed by atoms with Crippen molar-refractivity contribution in [3.8, 4) is 0 Å². The summed E-state index contributed by atoms with van der Waals surface area (Å²) in [5, 5.41) is 0. The van der Waals surface area contributed by atoms with Gasteiger partial charge in [0.25, 0.3) is 0 Å². The Hall–Kier alpha value is 0.500. The van der Waals surface area contributed by atoms with E-state index >= 15 is 0 Å². The first-order valence-electron chi connectivity index (χ1n) is 19.5. The monoisotopic (exact) mass is 651 g/mol. The number of hydrogen-bond donors (Lipinski definition) is 0. The topological polar surface area (TPSA) is 0 Å². The first-order valence-corrected chi connectivity index (χ1v) is 19.5. The van der Waals surface area contributed by atoms with Crippen LogP contribution in [0.5, 0.6) is 0 Å². The molecule has 0 rings (SSSR count). The van der Waals surface area contributed by atoms with E-state index in [2.05, 4.69) is 42.0 Å². The molecule has 0 aliphatic rings. The molecule has 0 radical (unpaired) electrons. The largest absolute Gasteiger partial charge is 1.00 e. The van der Waals surface area contributed by atoms with Crippen molar-refractivity contribution >= 4 is 0 Å². The van der Waals surface area contributed by atoms with E-state index in [4.69, 9.17) is 0 Å². The SMILES string of the molecule is CCCCCCCCCCCCCCCC[N+](C)(C)CCC[N+](C)(C)CCCCCCCCCCCCCCCC.[Cl-].[Cl-]. The van der Waals surface area contributed by atoms with Crippen molar-refractivity contribution < 1.29 is 33.8 Å². The fourth-order valence-corrected chi connectivity index (χ4v) is 6.62. The maximum Gasteiger partial charge on any atom is 0.0836 e. The van der Waals surface area contributed by atoms with Crippen LogP contribution in [-0.2, 0) is 0 Å². The molecule has 0 aromatic heterocycles. The molecule has 0 spiro atoms. The predicted octanol–water partition coefficient (Wildman–Crippen LogP) is 6.50. The second kappa shape index (κ2) is 35.4. The molecule has 0 aromatic carbocycles. The van der Waals surface area contributed by atoms with Crippen LogP contribution in [-0.4, -0.2) is 63.3 Å². The lowest BCUT2D eigenvalue weighted by Crippen LogP contribution is -3.00. The van der Waals surface area contributed by atoms with Gasteiger partial charge in [-0.2, -0.15) is 0 Å². The van der Waals surface area contributed by atoms with E-state index in [1.807, 2.05) is 0 Å². The summed E-state index contributed by atoms with van der Waals surface area (Å²) in [6.07, 6.45) is 42.1. The zero-order valence-corrected chi connectivity index (χ0v) is 32.5. The molecular formula is C39H84Cl2N2. The van der Waals surface area contributed by atoms with E-state index in [0.29, 0.717) is 0 Å². The highest BCUT2D eigenvalue weighted by Gasteiger charge is 2.19. The van der Waals surface area contributed by atoms with Crippen molar-refractivity contribution in [3.63, 3.8) is 0 Å². The van der Waals surface area contributed by atoms with Crippen molar-refractivity contribution in [2.75, 3.05) is 54.4 Å². The number of quaternary nitrogens is 2. The van der Waals surface area contributed by atoms with Gasteiger partial charge in [0.15, 0.2) is 0 Å². The molecule has 0 atom stereocenters. The molecule has 0 saturated heterocycles. The lowest BCUT2D eigenvalue weighted by Gasteiger charge is -2.33. The summed E-state index contributed by atoms with van der Waals surface area (Å²) in [6, 6.07) is 0. The highest BCUT2D eigenvalue weighted by Crippen LogP contribution is 2.16. The number of halogens is 2. The van der Waals surface area contributed by atoms with E-state index in [1.165, 1.54) is 221 Å². The Labute approximate surface area is 287 Å². The third-order valence-corrected chi connectivity index (χ3v) is 9.76. The molecule has 0 unspecified atom stereocenters. The lowest BCUT2D eigenvalue weighted by atomic mass is 10.0. The first-order chi connectivity index (χ1) is 19.8. The molecule has 43 heavy (non-hydrogen) atoms. The molecule has 2 nitrogen and oxygen atoms in total. The molecule has 4 heteroatoms. The van der Waals surface area contributed by atoms with Gasteiger partial charge < -0.3 is 33.8 Å². The molecular weight excluding hydrogens is 567 g/mol. The molecule has 0 N–H and O–H groups in total. The Morgan fingerprint density at radius 3 is 0.605 bits per heavy atom. The Kier molecular flexibility index (Phi) is 39.4. The quantitative estimate of drug-likeness (QED) is 0.0551. The van der Waals surface area contributed by atoms with Crippen LogP contribution in [0.2, 0.25) is 0 Å². The Bertz CT molecular complexity index is 465. The van der Waals surface area contributed by atoms with Gasteiger partial charge in [-0.3, -0.25) is 0 Å². The van der Waals surface area contributed by atoms with E-state index in [1.54, 1.807) is 0 Å². The van der Waals surface area contributed by atoms with E-state index in [9.17, 15) is 0 Å². The molecule has 0 amide bonds. The summed E-state index contributed by atoms with van der Waals surface area (Å²) < 4.78 is 2.44. The second-order valence-electron chi connectivity index (χ2n) is 15.3. The number of rotatable bonds is 34. The molecule has 0 bridgehead atoms. The van der Waals surface area contributed by atoms with Crippen molar-refractivity contribution in [3.05, 3.63) is 0 Å². The molecule has 264 valence electrons. The molecule has 0 fully saturated rings. The van der Waals surface area contributed by atoms with Gasteiger partial charge in [-0.15, -0.1) is 0 Å². The van der Waals surface area contributed by atoms with Gasteiger partial charge in [0.05, 0.1) is 54.4 Å². The lowest BCUT2D eigenvalue weighted by molar-refractivity contribution is -0.909. The third kappa shape index (κ3) is 38.6. The fraction of sp³-hybridized carbons (Fsp3) is 1.00. The van der Waals surface area contributed by atoms with Crippen LogP contribution >= 0.6 is 0 Å². The van der Waals surface area contributed by atoms with Gasteiger partial charge >= 0.3 is 0 Å². The highest BCUT2D eigenvalue weighted by atomic mass is 35.5. The van der Waals surface area contributed by atoms with Crippen LogP contribution in [0.1, 0.15) is 200 Å². The average Bonchev–Trinajstić information content (AvgIpc) is 2.93. The van der Waals surface area contributed by atoms with Crippen LogP contribution in [0.15, 0.2) is 0 Å². The summed E-state index contributed by atoms with van der Waals surface area (Å²) >= 11 is 0.